The average Bonchev–Trinajstić information content (AvgIpc) is 1.59. The molecule has 0 aliphatic rings. The average molecular weight is 160 g/mol. The third-order valence-electron chi connectivity index (χ3n) is 0.359. The Balaban J connectivity index is 3.39. The highest BCUT2D eigenvalue weighted by molar-refractivity contribution is 7.79. The molecule has 0 atom stereocenters. The third kappa shape index (κ3) is 7.48. The summed E-state index contributed by atoms with van der Waals surface area (Å²) in [6.07, 6.45) is -4.44. The van der Waals surface area contributed by atoms with Crippen molar-refractivity contribution >= 4 is 17.5 Å². The normalized spacial score (nSPS) is 11.0. The van der Waals surface area contributed by atoms with Crippen LogP contribution in [0.15, 0.2) is 0 Å². The van der Waals surface area contributed by atoms with Gasteiger partial charge in [-0.2, -0.15) is 13.2 Å². The molecule has 0 saturated carbocycles. The zero-order valence-electron chi connectivity index (χ0n) is 4.10. The van der Waals surface area contributed by atoms with Crippen molar-refractivity contribution in [1.82, 2.24) is 0 Å². The molecule has 0 unspecified atom stereocenters. The van der Waals surface area contributed by atoms with E-state index in [0.717, 1.165) is 0 Å². The smallest absolute Gasteiger partial charge is 0.422 e. The fourth-order valence-electron chi connectivity index (χ4n) is 0.144. The maximum Gasteiger partial charge on any atom is 0.422 e. The Bertz CT molecular complexity index is 110. The predicted octanol–water partition coefficient (Wildman–Crippen LogP) is 1.41. The third-order valence-corrected chi connectivity index (χ3v) is 0.477. The fraction of sp³-hybridized carbons (Fsp3) is 0.667. The van der Waals surface area contributed by atoms with Gasteiger partial charge >= 0.3 is 11.4 Å². The standard InChI is InChI=1S/C3H3F3O2S/c4-3(5,6)1-8-2(7)9/h1H2,(H,7,9). The molecule has 0 fully saturated rings. The van der Waals surface area contributed by atoms with Gasteiger partial charge in [0.2, 0.25) is 0 Å². The molecule has 0 aliphatic carbocycles. The first-order valence-electron chi connectivity index (χ1n) is 1.84. The van der Waals surface area contributed by atoms with Crippen LogP contribution in [0, 0.1) is 0 Å². The molecule has 0 bridgehead atoms. The van der Waals surface area contributed by atoms with Gasteiger partial charge in [-0.25, -0.2) is 0 Å². The molecule has 0 radical (unpaired) electrons. The maximum atomic E-state index is 11.1. The molecule has 6 heteroatoms. The molecule has 0 aromatic heterocycles. The zero-order valence-corrected chi connectivity index (χ0v) is 4.92. The highest BCUT2D eigenvalue weighted by atomic mass is 32.1. The first-order chi connectivity index (χ1) is 3.92. The molecule has 0 amide bonds. The lowest BCUT2D eigenvalue weighted by Gasteiger charge is -2.04. The van der Waals surface area contributed by atoms with E-state index in [9.17, 15) is 13.2 Å². The van der Waals surface area contributed by atoms with E-state index in [1.807, 2.05) is 0 Å². The van der Waals surface area contributed by atoms with Gasteiger partial charge in [-0.3, -0.25) is 0 Å². The summed E-state index contributed by atoms with van der Waals surface area (Å²) >= 11 is 3.80. The molecule has 0 saturated heterocycles. The van der Waals surface area contributed by atoms with Gasteiger partial charge in [-0.15, -0.1) is 0 Å². The highest BCUT2D eigenvalue weighted by Gasteiger charge is 2.28. The van der Waals surface area contributed by atoms with E-state index in [1.54, 1.807) is 0 Å². The lowest BCUT2D eigenvalue weighted by molar-refractivity contribution is -0.158. The van der Waals surface area contributed by atoms with Crippen LogP contribution in [-0.2, 0) is 4.74 Å². The summed E-state index contributed by atoms with van der Waals surface area (Å²) < 4.78 is 36.9. The molecule has 1 N–H and O–H groups in total. The Labute approximate surface area is 54.2 Å². The molecular formula is C3H3F3O2S. The van der Waals surface area contributed by atoms with E-state index >= 15 is 0 Å². The van der Waals surface area contributed by atoms with Gasteiger partial charge in [0.15, 0.2) is 6.61 Å². The summed E-state index contributed by atoms with van der Waals surface area (Å²) in [6.45, 7) is -1.54. The van der Waals surface area contributed by atoms with Crippen LogP contribution in [0.4, 0.5) is 13.2 Å². The topological polar surface area (TPSA) is 29.5 Å². The minimum Gasteiger partial charge on any atom is -0.472 e. The van der Waals surface area contributed by atoms with Gasteiger partial charge < -0.3 is 9.84 Å². The number of halogens is 3. The lowest BCUT2D eigenvalue weighted by Crippen LogP contribution is -2.18. The molecule has 9 heavy (non-hydrogen) atoms. The molecule has 54 valence electrons. The number of alkyl halides is 3. The van der Waals surface area contributed by atoms with E-state index in [2.05, 4.69) is 17.0 Å². The van der Waals surface area contributed by atoms with E-state index in [1.165, 1.54) is 0 Å². The van der Waals surface area contributed by atoms with Gasteiger partial charge in [0.05, 0.1) is 0 Å². The second-order valence-electron chi connectivity index (χ2n) is 1.17. The van der Waals surface area contributed by atoms with Gasteiger partial charge in [-0.1, -0.05) is 0 Å². The number of aliphatic hydroxyl groups excluding tert-OH is 1. The van der Waals surface area contributed by atoms with Crippen molar-refractivity contribution in [2.75, 3.05) is 6.61 Å². The molecular weight excluding hydrogens is 157 g/mol. The van der Waals surface area contributed by atoms with E-state index < -0.39 is 18.0 Å². The summed E-state index contributed by atoms with van der Waals surface area (Å²) in [5.74, 6) is 0. The van der Waals surface area contributed by atoms with Crippen molar-refractivity contribution in [3.05, 3.63) is 0 Å². The first-order valence-corrected chi connectivity index (χ1v) is 2.25. The van der Waals surface area contributed by atoms with Gasteiger partial charge in [0, 0.05) is 12.2 Å². The number of aliphatic hydroxyl groups is 1. The molecule has 2 nitrogen and oxygen atoms in total. The first kappa shape index (κ1) is 8.48. The summed E-state index contributed by atoms with van der Waals surface area (Å²) in [5, 5.41) is 6.83. The summed E-state index contributed by atoms with van der Waals surface area (Å²) in [7, 11) is 0. The van der Waals surface area contributed by atoms with Crippen LogP contribution in [0.5, 0.6) is 0 Å². The van der Waals surface area contributed by atoms with Crippen LogP contribution in [0.2, 0.25) is 0 Å². The van der Waals surface area contributed by atoms with Crippen LogP contribution < -0.4 is 0 Å². The molecule has 0 rings (SSSR count). The number of ether oxygens (including phenoxy) is 1. The second kappa shape index (κ2) is 2.86. The summed E-state index contributed by atoms with van der Waals surface area (Å²) in [6, 6.07) is 0. The molecule has 0 aromatic carbocycles. The largest absolute Gasteiger partial charge is 0.472 e. The second-order valence-corrected chi connectivity index (χ2v) is 1.52. The van der Waals surface area contributed by atoms with Crippen molar-refractivity contribution in [3.8, 4) is 0 Å². The fourth-order valence-corrected chi connectivity index (χ4v) is 0.202. The minimum atomic E-state index is -4.44. The van der Waals surface area contributed by atoms with Crippen molar-refractivity contribution in [3.63, 3.8) is 0 Å². The Hall–Kier alpha value is -0.520. The van der Waals surface area contributed by atoms with E-state index in [-0.39, 0.29) is 0 Å². The molecule has 0 heterocycles. The van der Waals surface area contributed by atoms with Crippen LogP contribution in [0.25, 0.3) is 0 Å². The number of hydrogen-bond acceptors (Lipinski definition) is 2. The van der Waals surface area contributed by atoms with Crippen molar-refractivity contribution in [2.24, 2.45) is 0 Å². The Morgan fingerprint density at radius 3 is 2.11 bits per heavy atom. The molecule has 0 aromatic rings. The van der Waals surface area contributed by atoms with Crippen LogP contribution >= 0.6 is 12.2 Å². The lowest BCUT2D eigenvalue weighted by atomic mass is 10.7. The van der Waals surface area contributed by atoms with Crippen LogP contribution in [0.1, 0.15) is 0 Å². The minimum absolute atomic E-state index is 1.09. The van der Waals surface area contributed by atoms with Crippen LogP contribution in [-0.4, -0.2) is 23.1 Å². The van der Waals surface area contributed by atoms with Crippen molar-refractivity contribution < 1.29 is 23.0 Å². The van der Waals surface area contributed by atoms with Gasteiger partial charge in [-0.05, 0) is 0 Å². The molecule has 0 aliphatic heterocycles. The van der Waals surface area contributed by atoms with E-state index in [0.29, 0.717) is 0 Å². The maximum absolute atomic E-state index is 11.1. The van der Waals surface area contributed by atoms with Crippen molar-refractivity contribution in [2.45, 2.75) is 6.18 Å². The number of thiocarbonyl (C=S) groups is 1. The Kier molecular flexibility index (Phi) is 2.69. The highest BCUT2D eigenvalue weighted by Crippen LogP contribution is 2.14. The number of rotatable bonds is 1. The quantitative estimate of drug-likeness (QED) is 0.588. The van der Waals surface area contributed by atoms with Gasteiger partial charge in [0.1, 0.15) is 0 Å². The van der Waals surface area contributed by atoms with Crippen LogP contribution in [0.3, 0.4) is 0 Å². The summed E-state index contributed by atoms with van der Waals surface area (Å²) in [5.41, 5.74) is 0. The zero-order chi connectivity index (χ0) is 7.49. The Morgan fingerprint density at radius 1 is 1.56 bits per heavy atom. The van der Waals surface area contributed by atoms with Crippen molar-refractivity contribution in [1.29, 1.82) is 0 Å². The molecule has 0 spiro atoms. The van der Waals surface area contributed by atoms with Gasteiger partial charge in [0.25, 0.3) is 0 Å². The Morgan fingerprint density at radius 2 is 2.00 bits per heavy atom. The number of hydrogen-bond donors (Lipinski definition) is 1. The summed E-state index contributed by atoms with van der Waals surface area (Å²) in [4.78, 5) is 0. The predicted molar refractivity (Wildman–Crippen MR) is 27.2 cm³/mol. The monoisotopic (exact) mass is 160 g/mol. The van der Waals surface area contributed by atoms with E-state index in [4.69, 9.17) is 5.11 Å². The SMILES string of the molecule is OC(=S)OCC(F)(F)F.